The number of Topliss-reactive ketones (excluding diaryl/α,β-unsaturated/α-hetero) is 1. The average Bonchev–Trinajstić information content (AvgIpc) is 3.38. The average molecular weight is 378 g/mol. The number of carbonyl (C=O) groups excluding carboxylic acids is 1. The van der Waals surface area contributed by atoms with Crippen LogP contribution in [-0.4, -0.2) is 25.8 Å². The highest BCUT2D eigenvalue weighted by Crippen LogP contribution is 2.41. The van der Waals surface area contributed by atoms with E-state index >= 15 is 0 Å². The molecule has 0 bridgehead atoms. The van der Waals surface area contributed by atoms with Crippen molar-refractivity contribution in [2.45, 2.75) is 61.6 Å². The van der Waals surface area contributed by atoms with Crippen molar-refractivity contribution in [1.82, 2.24) is 14.8 Å². The first kappa shape index (κ1) is 16.9. The second-order valence-electron chi connectivity index (χ2n) is 6.54. The molecule has 0 N–H and O–H groups in total. The quantitative estimate of drug-likeness (QED) is 0.744. The molecule has 0 saturated heterocycles. The minimum atomic E-state index is 0.0211. The summed E-state index contributed by atoms with van der Waals surface area (Å²) in [5.74, 6) is 1.79. The van der Waals surface area contributed by atoms with Gasteiger partial charge in [0.05, 0.1) is 10.3 Å². The topological polar surface area (TPSA) is 57.0 Å². The molecule has 1 aromatic heterocycles. The van der Waals surface area contributed by atoms with Crippen molar-refractivity contribution in [3.63, 3.8) is 0 Å². The van der Waals surface area contributed by atoms with Crippen molar-refractivity contribution in [3.05, 3.63) is 35.1 Å². The standard InChI is InChI=1S/C18H20ClN3O2S/c19-13-5-1-3-7-15(13)24-11-17-20-21-18(22(17)12-9-10-12)25-16-8-4-2-6-14(16)23/h1,3,5,7,12,16H,2,4,6,8-11H2. The second kappa shape index (κ2) is 7.38. The Morgan fingerprint density at radius 3 is 2.80 bits per heavy atom. The molecule has 5 nitrogen and oxygen atoms in total. The number of ether oxygens (including phenoxy) is 1. The lowest BCUT2D eigenvalue weighted by atomic mass is 9.99. The van der Waals surface area contributed by atoms with E-state index in [2.05, 4.69) is 14.8 Å². The fourth-order valence-corrected chi connectivity index (χ4v) is 4.53. The molecular weight excluding hydrogens is 358 g/mol. The van der Waals surface area contributed by atoms with Crippen molar-refractivity contribution >= 4 is 29.1 Å². The molecule has 2 saturated carbocycles. The predicted molar refractivity (Wildman–Crippen MR) is 97.2 cm³/mol. The van der Waals surface area contributed by atoms with Crippen LogP contribution in [0.15, 0.2) is 29.4 Å². The predicted octanol–water partition coefficient (Wildman–Crippen LogP) is 4.45. The van der Waals surface area contributed by atoms with Gasteiger partial charge < -0.3 is 4.74 Å². The summed E-state index contributed by atoms with van der Waals surface area (Å²) in [4.78, 5) is 12.1. The number of para-hydroxylation sites is 1. The van der Waals surface area contributed by atoms with E-state index in [1.54, 1.807) is 17.8 Å². The highest BCUT2D eigenvalue weighted by molar-refractivity contribution is 8.00. The van der Waals surface area contributed by atoms with Crippen LogP contribution in [0.4, 0.5) is 0 Å². The molecule has 1 unspecified atom stereocenters. The van der Waals surface area contributed by atoms with Crippen LogP contribution in [0.3, 0.4) is 0 Å². The van der Waals surface area contributed by atoms with Crippen molar-refractivity contribution < 1.29 is 9.53 Å². The first-order valence-corrected chi connectivity index (χ1v) is 9.98. The molecule has 2 aliphatic rings. The number of benzene rings is 1. The lowest BCUT2D eigenvalue weighted by Gasteiger charge is -2.19. The Morgan fingerprint density at radius 1 is 1.20 bits per heavy atom. The largest absolute Gasteiger partial charge is 0.484 e. The summed E-state index contributed by atoms with van der Waals surface area (Å²) in [7, 11) is 0. The Morgan fingerprint density at radius 2 is 2.04 bits per heavy atom. The van der Waals surface area contributed by atoms with Gasteiger partial charge in [-0.1, -0.05) is 41.9 Å². The van der Waals surface area contributed by atoms with Crippen LogP contribution in [0.5, 0.6) is 5.75 Å². The highest BCUT2D eigenvalue weighted by atomic mass is 35.5. The van der Waals surface area contributed by atoms with Crippen molar-refractivity contribution in [2.24, 2.45) is 0 Å². The molecule has 2 aromatic rings. The number of rotatable bonds is 6. The zero-order chi connectivity index (χ0) is 17.2. The lowest BCUT2D eigenvalue weighted by molar-refractivity contribution is -0.119. The summed E-state index contributed by atoms with van der Waals surface area (Å²) < 4.78 is 7.99. The smallest absolute Gasteiger partial charge is 0.192 e. The summed E-state index contributed by atoms with van der Waals surface area (Å²) >= 11 is 7.72. The Bertz CT molecular complexity index is 775. The van der Waals surface area contributed by atoms with Crippen molar-refractivity contribution in [3.8, 4) is 5.75 Å². The molecular formula is C18H20ClN3O2S. The number of hydrogen-bond acceptors (Lipinski definition) is 5. The van der Waals surface area contributed by atoms with Gasteiger partial charge in [0.25, 0.3) is 0 Å². The third kappa shape index (κ3) is 3.85. The number of ketones is 1. The maximum Gasteiger partial charge on any atom is 0.192 e. The fourth-order valence-electron chi connectivity index (χ4n) is 3.09. The van der Waals surface area contributed by atoms with Gasteiger partial charge in [0, 0.05) is 12.5 Å². The van der Waals surface area contributed by atoms with E-state index in [0.717, 1.165) is 43.1 Å². The molecule has 0 amide bonds. The van der Waals surface area contributed by atoms with Crippen molar-refractivity contribution in [1.29, 1.82) is 0 Å². The van der Waals surface area contributed by atoms with E-state index in [4.69, 9.17) is 16.3 Å². The van der Waals surface area contributed by atoms with Crippen molar-refractivity contribution in [2.75, 3.05) is 0 Å². The molecule has 132 valence electrons. The van der Waals surface area contributed by atoms with Gasteiger partial charge in [-0.2, -0.15) is 0 Å². The first-order valence-electron chi connectivity index (χ1n) is 8.73. The summed E-state index contributed by atoms with van der Waals surface area (Å²) in [6.45, 7) is 0.326. The second-order valence-corrected chi connectivity index (χ2v) is 8.11. The zero-order valence-electron chi connectivity index (χ0n) is 13.9. The number of aromatic nitrogens is 3. The summed E-state index contributed by atoms with van der Waals surface area (Å²) in [5, 5.41) is 10.1. The SMILES string of the molecule is O=C1CCCCC1Sc1nnc(COc2ccccc2Cl)n1C1CC1. The zero-order valence-corrected chi connectivity index (χ0v) is 15.4. The van der Waals surface area contributed by atoms with E-state index in [0.29, 0.717) is 35.6 Å². The van der Waals surface area contributed by atoms with E-state index in [9.17, 15) is 4.79 Å². The van der Waals surface area contributed by atoms with Crippen LogP contribution in [0.25, 0.3) is 0 Å². The van der Waals surface area contributed by atoms with Gasteiger partial charge >= 0.3 is 0 Å². The normalized spacial score (nSPS) is 20.7. The molecule has 25 heavy (non-hydrogen) atoms. The van der Waals surface area contributed by atoms with E-state index in [1.165, 1.54) is 0 Å². The molecule has 1 aromatic carbocycles. The van der Waals surface area contributed by atoms with Crippen LogP contribution in [0, 0.1) is 0 Å². The molecule has 0 aliphatic heterocycles. The minimum Gasteiger partial charge on any atom is -0.484 e. The molecule has 2 aliphatic carbocycles. The number of nitrogens with zero attached hydrogens (tertiary/aromatic N) is 3. The van der Waals surface area contributed by atoms with E-state index in [1.807, 2.05) is 18.2 Å². The maximum atomic E-state index is 12.1. The van der Waals surface area contributed by atoms with Gasteiger partial charge in [-0.25, -0.2) is 0 Å². The third-order valence-corrected chi connectivity index (χ3v) is 6.17. The monoisotopic (exact) mass is 377 g/mol. The van der Waals surface area contributed by atoms with Gasteiger partial charge in [-0.3, -0.25) is 9.36 Å². The van der Waals surface area contributed by atoms with Gasteiger partial charge in [0.15, 0.2) is 11.0 Å². The molecule has 7 heteroatoms. The van der Waals surface area contributed by atoms with Crippen LogP contribution in [-0.2, 0) is 11.4 Å². The molecule has 2 fully saturated rings. The Hall–Kier alpha value is -1.53. The highest BCUT2D eigenvalue weighted by Gasteiger charge is 2.32. The van der Waals surface area contributed by atoms with Gasteiger partial charge in [0.2, 0.25) is 0 Å². The number of carbonyl (C=O) groups is 1. The van der Waals surface area contributed by atoms with E-state index < -0.39 is 0 Å². The van der Waals surface area contributed by atoms with Gasteiger partial charge in [-0.05, 0) is 37.8 Å². The lowest BCUT2D eigenvalue weighted by Crippen LogP contribution is -2.22. The van der Waals surface area contributed by atoms with Crippen LogP contribution in [0.1, 0.15) is 50.4 Å². The molecule has 1 heterocycles. The maximum absolute atomic E-state index is 12.1. The molecule has 0 radical (unpaired) electrons. The Balaban J connectivity index is 1.50. The molecule has 4 rings (SSSR count). The fraction of sp³-hybridized carbons (Fsp3) is 0.500. The number of halogens is 1. The minimum absolute atomic E-state index is 0.0211. The van der Waals surface area contributed by atoms with Crippen LogP contribution >= 0.6 is 23.4 Å². The van der Waals surface area contributed by atoms with Crippen LogP contribution < -0.4 is 4.74 Å². The molecule has 1 atom stereocenters. The number of thioether (sulfide) groups is 1. The van der Waals surface area contributed by atoms with Gasteiger partial charge in [-0.15, -0.1) is 10.2 Å². The summed E-state index contributed by atoms with van der Waals surface area (Å²) in [6.07, 6.45) is 6.02. The number of hydrogen-bond donors (Lipinski definition) is 0. The van der Waals surface area contributed by atoms with E-state index in [-0.39, 0.29) is 5.25 Å². The van der Waals surface area contributed by atoms with Gasteiger partial charge in [0.1, 0.15) is 18.1 Å². The molecule has 0 spiro atoms. The Kier molecular flexibility index (Phi) is 4.99. The first-order chi connectivity index (χ1) is 12.2. The third-order valence-electron chi connectivity index (χ3n) is 4.59. The summed E-state index contributed by atoms with van der Waals surface area (Å²) in [6, 6.07) is 7.84. The summed E-state index contributed by atoms with van der Waals surface area (Å²) in [5.41, 5.74) is 0. The van der Waals surface area contributed by atoms with Crippen LogP contribution in [0.2, 0.25) is 5.02 Å². The Labute approximate surface area is 156 Å².